The van der Waals surface area contributed by atoms with Crippen LogP contribution in [0.3, 0.4) is 0 Å². The van der Waals surface area contributed by atoms with Gasteiger partial charge >= 0.3 is 0 Å². The molecule has 2 saturated heterocycles. The lowest BCUT2D eigenvalue weighted by Gasteiger charge is -2.19. The van der Waals surface area contributed by atoms with Gasteiger partial charge in [0.15, 0.2) is 9.84 Å². The van der Waals surface area contributed by atoms with Crippen LogP contribution < -0.4 is 0 Å². The van der Waals surface area contributed by atoms with E-state index in [4.69, 9.17) is 0 Å². The Kier molecular flexibility index (Phi) is 8.19. The molecule has 0 spiro atoms. The molecule has 0 amide bonds. The van der Waals surface area contributed by atoms with Crippen LogP contribution in [0.5, 0.6) is 0 Å². The molecular weight excluding hydrogens is 577 g/mol. The number of sulfone groups is 1. The minimum absolute atomic E-state index is 0.142. The Labute approximate surface area is 267 Å². The summed E-state index contributed by atoms with van der Waals surface area (Å²) >= 11 is 0. The van der Waals surface area contributed by atoms with Crippen LogP contribution in [-0.2, 0) is 22.7 Å². The molecule has 45 heavy (non-hydrogen) atoms. The van der Waals surface area contributed by atoms with Crippen molar-refractivity contribution in [1.82, 2.24) is 19.4 Å². The summed E-state index contributed by atoms with van der Waals surface area (Å²) < 4.78 is 28.3. The number of likely N-dealkylation sites (tertiary alicyclic amines) is 2. The van der Waals surface area contributed by atoms with E-state index in [0.717, 1.165) is 24.9 Å². The first kappa shape index (κ1) is 30.0. The van der Waals surface area contributed by atoms with Gasteiger partial charge in [0, 0.05) is 51.7 Å². The van der Waals surface area contributed by atoms with Gasteiger partial charge in [0.25, 0.3) is 0 Å². The van der Waals surface area contributed by atoms with Gasteiger partial charge in [0.1, 0.15) is 0 Å². The van der Waals surface area contributed by atoms with Crippen molar-refractivity contribution in [2.45, 2.75) is 68.5 Å². The van der Waals surface area contributed by atoms with Gasteiger partial charge in [0.2, 0.25) is 0 Å². The number of hydrogen-bond donors (Lipinski definition) is 1. The molecule has 7 rings (SSSR count). The lowest BCUT2D eigenvalue weighted by molar-refractivity contribution is 0.309. The first-order chi connectivity index (χ1) is 21.8. The van der Waals surface area contributed by atoms with E-state index < -0.39 is 9.84 Å². The van der Waals surface area contributed by atoms with Crippen molar-refractivity contribution in [1.29, 1.82) is 0 Å². The zero-order valence-corrected chi connectivity index (χ0v) is 27.4. The van der Waals surface area contributed by atoms with E-state index in [1.165, 1.54) is 76.1 Å². The molecule has 1 N–H and O–H groups in total. The fourth-order valence-electron chi connectivity index (χ4n) is 7.55. The number of H-pyrrole nitrogens is 1. The van der Waals surface area contributed by atoms with Crippen LogP contribution in [0.15, 0.2) is 89.4 Å². The van der Waals surface area contributed by atoms with Gasteiger partial charge in [-0.1, -0.05) is 30.3 Å². The highest BCUT2D eigenvalue weighted by atomic mass is 32.2. The highest BCUT2D eigenvalue weighted by molar-refractivity contribution is 7.94. The van der Waals surface area contributed by atoms with Gasteiger partial charge < -0.3 is 19.4 Å². The van der Waals surface area contributed by atoms with Crippen LogP contribution in [0.4, 0.5) is 0 Å². The lowest BCUT2D eigenvalue weighted by Crippen LogP contribution is -2.26. The summed E-state index contributed by atoms with van der Waals surface area (Å²) in [5, 5.41) is 3.87. The zero-order valence-electron chi connectivity index (χ0n) is 26.6. The number of nitrogens with zero attached hydrogens (tertiary/aromatic N) is 3. The second-order valence-corrected chi connectivity index (χ2v) is 15.1. The SMILES string of the molecule is CC(c1ccc2[nH]cc(C[C@H]3CCCN3C)c2c1)n1cc(C[C@H]2CCCN2C)c2cc(/C=C\S(=O)(=O)c3ccccc3)ccc21. The first-order valence-electron chi connectivity index (χ1n) is 16.4. The molecule has 2 aliphatic rings. The van der Waals surface area contributed by atoms with Gasteiger partial charge in [-0.05, 0) is 137 Å². The average Bonchev–Trinajstić information content (AvgIpc) is 3.84. The van der Waals surface area contributed by atoms with Crippen LogP contribution in [0.25, 0.3) is 27.9 Å². The highest BCUT2D eigenvalue weighted by Crippen LogP contribution is 2.34. The van der Waals surface area contributed by atoms with Gasteiger partial charge in [-0.2, -0.15) is 0 Å². The second kappa shape index (κ2) is 12.3. The number of aromatic nitrogens is 2. The molecule has 3 aromatic carbocycles. The predicted molar refractivity (Wildman–Crippen MR) is 185 cm³/mol. The average molecular weight is 621 g/mol. The van der Waals surface area contributed by atoms with Crippen molar-refractivity contribution in [2.24, 2.45) is 0 Å². The van der Waals surface area contributed by atoms with Crippen LogP contribution >= 0.6 is 0 Å². The Morgan fingerprint density at radius 1 is 0.867 bits per heavy atom. The van der Waals surface area contributed by atoms with E-state index in [-0.39, 0.29) is 6.04 Å². The van der Waals surface area contributed by atoms with Crippen LogP contribution in [0, 0.1) is 0 Å². The minimum atomic E-state index is -3.52. The number of rotatable bonds is 9. The summed E-state index contributed by atoms with van der Waals surface area (Å²) in [6.07, 6.45) is 13.3. The molecule has 0 bridgehead atoms. The molecule has 5 aromatic rings. The number of hydrogen-bond acceptors (Lipinski definition) is 4. The summed E-state index contributed by atoms with van der Waals surface area (Å²) in [6, 6.07) is 23.2. The maximum atomic E-state index is 13.0. The van der Waals surface area contributed by atoms with Crippen molar-refractivity contribution in [3.05, 3.63) is 107 Å². The van der Waals surface area contributed by atoms with E-state index >= 15 is 0 Å². The molecule has 1 unspecified atom stereocenters. The van der Waals surface area contributed by atoms with E-state index in [2.05, 4.69) is 83.1 Å². The summed E-state index contributed by atoms with van der Waals surface area (Å²) in [5.41, 5.74) is 7.30. The molecule has 2 aromatic heterocycles. The lowest BCUT2D eigenvalue weighted by atomic mass is 10.00. The van der Waals surface area contributed by atoms with Crippen LogP contribution in [-0.4, -0.2) is 67.0 Å². The molecular formula is C38H44N4O2S. The van der Waals surface area contributed by atoms with Crippen LogP contribution in [0.2, 0.25) is 0 Å². The smallest absolute Gasteiger partial charge is 0.199 e. The summed E-state index contributed by atoms with van der Waals surface area (Å²) in [5.74, 6) is 0. The summed E-state index contributed by atoms with van der Waals surface area (Å²) in [7, 11) is 0.965. The Hall–Kier alpha value is -3.65. The molecule has 234 valence electrons. The molecule has 7 heteroatoms. The molecule has 6 nitrogen and oxygen atoms in total. The maximum Gasteiger partial charge on any atom is 0.199 e. The number of likely N-dealkylation sites (N-methyl/N-ethyl adjacent to an activating group) is 2. The molecule has 0 radical (unpaired) electrons. The second-order valence-electron chi connectivity index (χ2n) is 13.3. The quantitative estimate of drug-likeness (QED) is 0.186. The number of fused-ring (bicyclic) bond motifs is 2. The van der Waals surface area contributed by atoms with Crippen molar-refractivity contribution in [2.75, 3.05) is 27.2 Å². The molecule has 2 aliphatic heterocycles. The van der Waals surface area contributed by atoms with E-state index in [1.54, 1.807) is 30.3 Å². The number of aromatic amines is 1. The van der Waals surface area contributed by atoms with E-state index in [0.29, 0.717) is 17.0 Å². The third kappa shape index (κ3) is 6.01. The zero-order chi connectivity index (χ0) is 31.1. The Balaban J connectivity index is 1.24. The van der Waals surface area contributed by atoms with Crippen molar-refractivity contribution >= 4 is 37.7 Å². The van der Waals surface area contributed by atoms with Gasteiger partial charge in [-0.3, -0.25) is 0 Å². The minimum Gasteiger partial charge on any atom is -0.361 e. The van der Waals surface area contributed by atoms with E-state index in [9.17, 15) is 8.42 Å². The number of nitrogens with one attached hydrogen (secondary N) is 1. The summed E-state index contributed by atoms with van der Waals surface area (Å²) in [6.45, 7) is 4.62. The molecule has 3 atom stereocenters. The fourth-order valence-corrected chi connectivity index (χ4v) is 8.58. The molecule has 0 saturated carbocycles. The predicted octanol–water partition coefficient (Wildman–Crippen LogP) is 7.45. The number of benzene rings is 3. The Morgan fingerprint density at radius 2 is 1.58 bits per heavy atom. The van der Waals surface area contributed by atoms with Gasteiger partial charge in [-0.25, -0.2) is 8.42 Å². The Morgan fingerprint density at radius 3 is 2.27 bits per heavy atom. The van der Waals surface area contributed by atoms with Crippen molar-refractivity contribution in [3.63, 3.8) is 0 Å². The van der Waals surface area contributed by atoms with Crippen molar-refractivity contribution < 1.29 is 8.42 Å². The third-order valence-electron chi connectivity index (χ3n) is 10.4. The monoisotopic (exact) mass is 620 g/mol. The third-order valence-corrected chi connectivity index (χ3v) is 11.8. The highest BCUT2D eigenvalue weighted by Gasteiger charge is 2.25. The molecule has 0 aliphatic carbocycles. The topological polar surface area (TPSA) is 61.3 Å². The largest absolute Gasteiger partial charge is 0.361 e. The van der Waals surface area contributed by atoms with Gasteiger partial charge in [-0.15, -0.1) is 0 Å². The molecule has 2 fully saturated rings. The maximum absolute atomic E-state index is 13.0. The first-order valence-corrected chi connectivity index (χ1v) is 17.9. The fraction of sp³-hybridized carbons (Fsp3) is 0.368. The van der Waals surface area contributed by atoms with Crippen molar-refractivity contribution in [3.8, 4) is 0 Å². The normalized spacial score (nSPS) is 20.7. The van der Waals surface area contributed by atoms with E-state index in [1.807, 2.05) is 12.1 Å². The summed E-state index contributed by atoms with van der Waals surface area (Å²) in [4.78, 5) is 8.81. The van der Waals surface area contributed by atoms with Crippen LogP contribution in [0.1, 0.15) is 60.9 Å². The Bertz CT molecular complexity index is 1960. The standard InChI is InChI=1S/C38H44N4O2S/c1-27(29-14-15-37-35(24-29)30(25-39-37)22-32-9-7-18-40(32)2)42-26-31(23-33-10-8-19-41(33)3)36-21-28(13-16-38(36)42)17-20-45(43,44)34-11-5-4-6-12-34/h4-6,11-17,20-21,24-27,32-33,39H,7-10,18-19,22-23H2,1-3H3/b20-17-/t27?,32-,33-/m1/s1. The van der Waals surface area contributed by atoms with Gasteiger partial charge in [0.05, 0.1) is 10.9 Å². The molecule has 4 heterocycles.